The topological polar surface area (TPSA) is 251 Å². The lowest BCUT2D eigenvalue weighted by Crippen LogP contribution is -2.44. The lowest BCUT2D eigenvalue weighted by molar-refractivity contribution is 0.0887. The van der Waals surface area contributed by atoms with E-state index in [1.807, 2.05) is 38.0 Å². The minimum Gasteiger partial charge on any atom is -0.496 e. The van der Waals surface area contributed by atoms with Crippen molar-refractivity contribution in [2.75, 3.05) is 81.8 Å². The third-order valence-electron chi connectivity index (χ3n) is 11.5. The van der Waals surface area contributed by atoms with Gasteiger partial charge in [0.05, 0.1) is 55.7 Å². The molecule has 0 spiro atoms. The lowest BCUT2D eigenvalue weighted by Gasteiger charge is -2.30. The second kappa shape index (κ2) is 27.1. The molecule has 4 amide bonds. The molecule has 4 rings (SSSR count). The number of unbranched alkanes of at least 4 members (excludes halogenated alkanes) is 4. The molecular weight excluding hydrogens is 833 g/mol. The summed E-state index contributed by atoms with van der Waals surface area (Å²) in [6.45, 7) is 2.39. The zero-order valence-corrected chi connectivity index (χ0v) is 39.5. The summed E-state index contributed by atoms with van der Waals surface area (Å²) in [6, 6.07) is 5.90. The summed E-state index contributed by atoms with van der Waals surface area (Å²) in [5.41, 5.74) is 18.6. The first kappa shape index (κ1) is 52.2. The maximum Gasteiger partial charge on any atom is 0.280 e. The Morgan fingerprint density at radius 3 is 1.54 bits per heavy atom. The summed E-state index contributed by atoms with van der Waals surface area (Å²) in [6.07, 6.45) is 10.1. The van der Waals surface area contributed by atoms with Crippen LogP contribution in [0.3, 0.4) is 0 Å². The highest BCUT2D eigenvalue weighted by atomic mass is 16.5. The number of benzene rings is 2. The van der Waals surface area contributed by atoms with Gasteiger partial charge in [-0.15, -0.1) is 0 Å². The summed E-state index contributed by atoms with van der Waals surface area (Å²) in [4.78, 5) is 68.2. The number of rotatable bonds is 23. The number of nitrogens with two attached hydrogens (primary N) is 3. The summed E-state index contributed by atoms with van der Waals surface area (Å²) < 4.78 is 23.4. The number of carbonyl (C=O) groups is 4. The quantitative estimate of drug-likeness (QED) is 0.0527. The van der Waals surface area contributed by atoms with Crippen molar-refractivity contribution in [1.82, 2.24) is 25.8 Å². The maximum atomic E-state index is 14.0. The molecule has 18 nitrogen and oxygen atoms in total. The third kappa shape index (κ3) is 15.9. The number of hydrogen-bond donors (Lipinski definition) is 6. The van der Waals surface area contributed by atoms with Crippen LogP contribution in [0.2, 0.25) is 0 Å². The van der Waals surface area contributed by atoms with Gasteiger partial charge in [-0.05, 0) is 115 Å². The molecule has 2 saturated carbocycles. The number of nitrogens with zero attached hydrogens (tertiary/aromatic N) is 4. The molecule has 0 aliphatic heterocycles. The van der Waals surface area contributed by atoms with Crippen molar-refractivity contribution in [1.29, 1.82) is 0 Å². The van der Waals surface area contributed by atoms with E-state index in [0.29, 0.717) is 76.3 Å². The van der Waals surface area contributed by atoms with E-state index in [0.717, 1.165) is 63.0 Å². The average Bonchev–Trinajstić information content (AvgIpc) is 3.30. The monoisotopic (exact) mass is 907 g/mol. The van der Waals surface area contributed by atoms with Gasteiger partial charge in [-0.3, -0.25) is 19.2 Å². The van der Waals surface area contributed by atoms with Gasteiger partial charge in [-0.1, -0.05) is 0 Å². The van der Waals surface area contributed by atoms with Crippen LogP contribution in [0, 0.1) is 0 Å². The van der Waals surface area contributed by atoms with E-state index in [1.54, 1.807) is 6.07 Å². The Bertz CT molecular complexity index is 1930. The number of ether oxygens (including phenoxy) is 4. The zero-order chi connectivity index (χ0) is 47.3. The number of carbonyl (C=O) groups excluding carboxylic acids is 4. The standard InChI is InChI=1S/C47H74N10O8/c1-56(2)47(57(3)4)55-34-19-17-33(18-20-34)53-45(60)36-27-35(39(62-5)29-40(36)63-6)44(59)52-31-13-15-32(16-14-31)54-46(61)38-28-37(43(58)51-24-23-50)41(64-25-11-7-9-21-48)30-42(38)65-26-12-8-10-22-49/h27-32,34H,7-26,48-50H2,1-6H3,(H,51,58)(H,52,59)(H,54,61). The predicted molar refractivity (Wildman–Crippen MR) is 254 cm³/mol. The molecular formula is C47H74N10O8. The van der Waals surface area contributed by atoms with Crippen molar-refractivity contribution in [2.24, 2.45) is 27.2 Å². The molecule has 2 aromatic rings. The van der Waals surface area contributed by atoms with Crippen molar-refractivity contribution >= 4 is 35.3 Å². The Hall–Kier alpha value is -5.46. The van der Waals surface area contributed by atoms with Gasteiger partial charge in [0.15, 0.2) is 5.96 Å². The van der Waals surface area contributed by atoms with E-state index in [-0.39, 0.29) is 70.9 Å². The van der Waals surface area contributed by atoms with Gasteiger partial charge >= 0.3 is 0 Å². The van der Waals surface area contributed by atoms with Gasteiger partial charge in [0.1, 0.15) is 23.0 Å². The molecule has 65 heavy (non-hydrogen) atoms. The Labute approximate surface area is 384 Å². The molecule has 0 bridgehead atoms. The molecule has 2 aliphatic rings. The summed E-state index contributed by atoms with van der Waals surface area (Å²) in [5, 5.41) is 9.05. The molecule has 9 N–H and O–H groups in total. The van der Waals surface area contributed by atoms with Gasteiger partial charge in [0, 0.05) is 71.2 Å². The Balaban J connectivity index is 1.44. The fourth-order valence-corrected chi connectivity index (χ4v) is 7.97. The highest BCUT2D eigenvalue weighted by Gasteiger charge is 2.29. The highest BCUT2D eigenvalue weighted by molar-refractivity contribution is 6.08. The number of hydrogen-bond acceptors (Lipinski definition) is 12. The lowest BCUT2D eigenvalue weighted by atomic mass is 9.90. The van der Waals surface area contributed by atoms with Crippen molar-refractivity contribution in [2.45, 2.75) is 108 Å². The van der Waals surface area contributed by atoms with Crippen LogP contribution in [0.15, 0.2) is 34.3 Å². The number of aliphatic imine (C=N–C) groups is 2. The first-order valence-corrected chi connectivity index (χ1v) is 23.1. The number of amides is 4. The number of guanidine groups is 1. The fraction of sp³-hybridized carbons (Fsp3) is 0.617. The molecule has 2 aliphatic carbocycles. The van der Waals surface area contributed by atoms with Crippen LogP contribution >= 0.6 is 0 Å². The molecule has 2 aromatic carbocycles. The second-order valence-electron chi connectivity index (χ2n) is 17.0. The third-order valence-corrected chi connectivity index (χ3v) is 11.5. The first-order valence-electron chi connectivity index (χ1n) is 23.1. The smallest absolute Gasteiger partial charge is 0.280 e. The van der Waals surface area contributed by atoms with Gasteiger partial charge in [-0.25, -0.2) is 9.98 Å². The van der Waals surface area contributed by atoms with Crippen LogP contribution in [0.5, 0.6) is 23.0 Å². The van der Waals surface area contributed by atoms with Crippen molar-refractivity contribution in [3.05, 3.63) is 46.5 Å². The maximum absolute atomic E-state index is 14.0. The molecule has 18 heteroatoms. The van der Waals surface area contributed by atoms with Crippen molar-refractivity contribution < 1.29 is 38.1 Å². The van der Waals surface area contributed by atoms with Crippen LogP contribution in [-0.4, -0.2) is 145 Å². The van der Waals surface area contributed by atoms with E-state index in [2.05, 4.69) is 20.9 Å². The van der Waals surface area contributed by atoms with Crippen LogP contribution in [0.1, 0.15) is 131 Å². The molecule has 0 aromatic heterocycles. The summed E-state index contributed by atoms with van der Waals surface area (Å²) in [7, 11) is 10.8. The van der Waals surface area contributed by atoms with Crippen LogP contribution in [0.25, 0.3) is 0 Å². The fourth-order valence-electron chi connectivity index (χ4n) is 7.97. The minimum atomic E-state index is -0.488. The van der Waals surface area contributed by atoms with Gasteiger partial charge in [-0.2, -0.15) is 0 Å². The van der Waals surface area contributed by atoms with E-state index in [9.17, 15) is 19.2 Å². The Kier molecular flexibility index (Phi) is 21.8. The van der Waals surface area contributed by atoms with Gasteiger partial charge in [0.25, 0.3) is 23.6 Å². The second-order valence-corrected chi connectivity index (χ2v) is 17.0. The van der Waals surface area contributed by atoms with Crippen molar-refractivity contribution in [3.63, 3.8) is 0 Å². The summed E-state index contributed by atoms with van der Waals surface area (Å²) >= 11 is 0. The predicted octanol–water partition coefficient (Wildman–Crippen LogP) is 3.88. The SMILES string of the molecule is COc1cc(OC)c(C(=O)NC2CCC(NC(=O)c3cc(C(=O)NCCN)c(OCCCCCN)cc3OCCCCCN)CC2)cc1C(=O)N=C1CCC(N=C(N(C)C)N(C)C)CC1. The van der Waals surface area contributed by atoms with Gasteiger partial charge in [0.2, 0.25) is 0 Å². The molecule has 0 radical (unpaired) electrons. The van der Waals surface area contributed by atoms with Gasteiger partial charge < -0.3 is 61.9 Å². The van der Waals surface area contributed by atoms with E-state index < -0.39 is 17.7 Å². The normalized spacial score (nSPS) is 17.0. The summed E-state index contributed by atoms with van der Waals surface area (Å²) in [5.74, 6) is 0.363. The number of nitrogens with one attached hydrogen (secondary N) is 3. The zero-order valence-electron chi connectivity index (χ0n) is 39.5. The molecule has 360 valence electrons. The molecule has 0 unspecified atom stereocenters. The molecule has 2 fully saturated rings. The largest absolute Gasteiger partial charge is 0.496 e. The molecule has 0 atom stereocenters. The average molecular weight is 907 g/mol. The molecule has 0 heterocycles. The van der Waals surface area contributed by atoms with Crippen LogP contribution in [0.4, 0.5) is 0 Å². The van der Waals surface area contributed by atoms with Crippen molar-refractivity contribution in [3.8, 4) is 23.0 Å². The van der Waals surface area contributed by atoms with E-state index >= 15 is 0 Å². The number of methoxy groups -OCH3 is 2. The van der Waals surface area contributed by atoms with E-state index in [4.69, 9.17) is 41.1 Å². The Morgan fingerprint density at radius 1 is 0.600 bits per heavy atom. The van der Waals surface area contributed by atoms with Crippen LogP contribution < -0.4 is 52.1 Å². The highest BCUT2D eigenvalue weighted by Crippen LogP contribution is 2.33. The Morgan fingerprint density at radius 2 is 1.06 bits per heavy atom. The van der Waals surface area contributed by atoms with Crippen LogP contribution in [-0.2, 0) is 0 Å². The minimum absolute atomic E-state index is 0.129. The first-order chi connectivity index (χ1) is 31.3. The van der Waals surface area contributed by atoms with E-state index in [1.165, 1.54) is 32.4 Å². The molecule has 0 saturated heterocycles.